The maximum absolute atomic E-state index is 15.0. The number of amidine groups is 1. The van der Waals surface area contributed by atoms with Crippen molar-refractivity contribution < 1.29 is 40.1 Å². The van der Waals surface area contributed by atoms with Crippen LogP contribution in [0.5, 0.6) is 5.75 Å². The van der Waals surface area contributed by atoms with Crippen LogP contribution < -0.4 is 20.5 Å². The third-order valence-electron chi connectivity index (χ3n) is 6.84. The first kappa shape index (κ1) is 28.7. The van der Waals surface area contributed by atoms with Crippen molar-refractivity contribution in [3.63, 3.8) is 0 Å². The van der Waals surface area contributed by atoms with Crippen LogP contribution in [0.2, 0.25) is 0 Å². The Balaban J connectivity index is 1.56. The van der Waals surface area contributed by atoms with Gasteiger partial charge in [0, 0.05) is 12.3 Å². The Bertz CT molecular complexity index is 1330. The van der Waals surface area contributed by atoms with E-state index < -0.39 is 63.5 Å². The fourth-order valence-corrected chi connectivity index (χ4v) is 7.78. The molecule has 16 heteroatoms. The van der Waals surface area contributed by atoms with Crippen molar-refractivity contribution in [3.05, 3.63) is 47.7 Å². The summed E-state index contributed by atoms with van der Waals surface area (Å²) in [5, 5.41) is 2.36. The van der Waals surface area contributed by atoms with Gasteiger partial charge in [0.05, 0.1) is 10.9 Å². The number of nitrogens with zero attached hydrogens (tertiary/aromatic N) is 3. The molecule has 4 heterocycles. The van der Waals surface area contributed by atoms with Crippen molar-refractivity contribution in [2.75, 3.05) is 30.9 Å². The lowest BCUT2D eigenvalue weighted by atomic mass is 9.95. The third kappa shape index (κ3) is 5.31. The van der Waals surface area contributed by atoms with Crippen molar-refractivity contribution >= 4 is 27.7 Å². The topological polar surface area (TPSA) is 132 Å². The molecular weight excluding hydrogens is 554 g/mol. The highest BCUT2D eigenvalue weighted by Gasteiger charge is 2.55. The number of amides is 1. The lowest BCUT2D eigenvalue weighted by Gasteiger charge is -2.52. The Hall–Kier alpha value is -3.27. The normalized spacial score (nSPS) is 25.4. The summed E-state index contributed by atoms with van der Waals surface area (Å²) < 4.78 is 101. The van der Waals surface area contributed by atoms with E-state index in [9.17, 15) is 35.3 Å². The minimum Gasteiger partial charge on any atom is -0.485 e. The van der Waals surface area contributed by atoms with E-state index in [1.165, 1.54) is 0 Å². The summed E-state index contributed by atoms with van der Waals surface area (Å²) in [6.07, 6.45) is -1.90. The molecule has 214 valence electrons. The van der Waals surface area contributed by atoms with Crippen molar-refractivity contribution in [2.24, 2.45) is 10.7 Å². The number of ether oxygens (including phenoxy) is 1. The van der Waals surface area contributed by atoms with Gasteiger partial charge in [0.1, 0.15) is 46.8 Å². The number of hydrogen-bond acceptors (Lipinski definition) is 7. The molecule has 9 nitrogen and oxygen atoms in total. The second-order valence-electron chi connectivity index (χ2n) is 9.56. The van der Waals surface area contributed by atoms with Gasteiger partial charge in [-0.1, -0.05) is 0 Å². The molecule has 39 heavy (non-hydrogen) atoms. The maximum Gasteiger partial charge on any atom is 0.340 e. The van der Waals surface area contributed by atoms with E-state index in [1.807, 2.05) is 0 Å². The molecule has 0 aliphatic carbocycles. The number of thiol groups is 1. The van der Waals surface area contributed by atoms with Gasteiger partial charge in [-0.15, -0.1) is 0 Å². The van der Waals surface area contributed by atoms with Crippen LogP contribution >= 0.6 is 0 Å². The van der Waals surface area contributed by atoms with Crippen LogP contribution in [0, 0.1) is 5.82 Å². The fourth-order valence-electron chi connectivity index (χ4n) is 4.47. The Labute approximate surface area is 220 Å². The number of alkyl halides is 5. The number of halogens is 6. The number of fused-ring (bicyclic) bond motifs is 1. The predicted octanol–water partition coefficient (Wildman–Crippen LogP) is 2.76. The molecule has 1 fully saturated rings. The van der Waals surface area contributed by atoms with Gasteiger partial charge in [0.15, 0.2) is 6.61 Å². The SMILES string of the molecule is C[C@@]12CCCN[SH]1(=O)C[C@@](CF)(c1nc(NC(=O)c3ccc(OCC(F)(F)C(F)F)cn3)ccc1F)N=C2N. The van der Waals surface area contributed by atoms with E-state index in [1.54, 1.807) is 6.92 Å². The van der Waals surface area contributed by atoms with Gasteiger partial charge in [-0.05, 0) is 54.1 Å². The monoisotopic (exact) mass is 580 g/mol. The van der Waals surface area contributed by atoms with Gasteiger partial charge in [-0.2, -0.15) is 8.78 Å². The first-order valence-corrected chi connectivity index (χ1v) is 13.6. The number of carbonyl (C=O) groups excluding carboxylic acids is 1. The first-order valence-electron chi connectivity index (χ1n) is 11.7. The Morgan fingerprint density at radius 3 is 2.69 bits per heavy atom. The van der Waals surface area contributed by atoms with Gasteiger partial charge < -0.3 is 15.8 Å². The molecule has 4 rings (SSSR count). The summed E-state index contributed by atoms with van der Waals surface area (Å²) in [7, 11) is -3.38. The third-order valence-corrected chi connectivity index (χ3v) is 10.6. The van der Waals surface area contributed by atoms with Gasteiger partial charge in [0.2, 0.25) is 0 Å². The molecule has 0 aromatic carbocycles. The highest BCUT2D eigenvalue weighted by molar-refractivity contribution is 8.03. The van der Waals surface area contributed by atoms with Crippen LogP contribution in [0.4, 0.5) is 32.2 Å². The van der Waals surface area contributed by atoms with Crippen LogP contribution in [-0.4, -0.2) is 68.6 Å². The lowest BCUT2D eigenvalue weighted by molar-refractivity contribution is -0.148. The average molecular weight is 581 g/mol. The fraction of sp³-hybridized carbons (Fsp3) is 0.478. The van der Waals surface area contributed by atoms with Crippen LogP contribution in [0.1, 0.15) is 35.9 Å². The van der Waals surface area contributed by atoms with E-state index >= 15 is 0 Å². The maximum atomic E-state index is 15.0. The van der Waals surface area contributed by atoms with Gasteiger partial charge in [0.25, 0.3) is 5.91 Å². The second-order valence-corrected chi connectivity index (χ2v) is 12.7. The van der Waals surface area contributed by atoms with E-state index in [0.717, 1.165) is 30.5 Å². The quantitative estimate of drug-likeness (QED) is 0.281. The Morgan fingerprint density at radius 2 is 2.05 bits per heavy atom. The molecule has 0 radical (unpaired) electrons. The van der Waals surface area contributed by atoms with Crippen molar-refractivity contribution in [1.29, 1.82) is 0 Å². The molecule has 2 atom stereocenters. The summed E-state index contributed by atoms with van der Waals surface area (Å²) in [4.78, 5) is 24.7. The molecule has 2 aromatic heterocycles. The van der Waals surface area contributed by atoms with Crippen LogP contribution in [0.25, 0.3) is 0 Å². The zero-order valence-corrected chi connectivity index (χ0v) is 21.5. The molecule has 0 spiro atoms. The molecule has 0 unspecified atom stereocenters. The summed E-state index contributed by atoms with van der Waals surface area (Å²) in [5.74, 6) is -7.12. The Morgan fingerprint density at radius 1 is 1.31 bits per heavy atom. The summed E-state index contributed by atoms with van der Waals surface area (Å²) in [5.41, 5.74) is 3.43. The van der Waals surface area contributed by atoms with Gasteiger partial charge in [-0.3, -0.25) is 18.7 Å². The Kier molecular flexibility index (Phi) is 7.64. The standard InChI is InChI=1S/C23H26F6N6O3S/c1-21-7-2-8-32-39(21,37)12-22(10-24,35-20(21)30)17-14(25)4-6-16(33-17)34-18(36)15-5-3-13(9-31-15)38-11-23(28,29)19(26)27/h3-6,9,19,39H,2,7-8,10-12H2,1H3,(H2,30,35)(H,32,37)(H,33,34,36)/t21-,22-/m0/s1. The number of anilines is 1. The van der Waals surface area contributed by atoms with Crippen molar-refractivity contribution in [2.45, 2.75) is 42.4 Å². The molecule has 4 N–H and O–H groups in total. The zero-order chi connectivity index (χ0) is 28.6. The zero-order valence-electron chi connectivity index (χ0n) is 20.6. The number of nitrogens with two attached hydrogens (primary N) is 1. The number of rotatable bonds is 8. The molecule has 2 aromatic rings. The largest absolute Gasteiger partial charge is 0.485 e. The van der Waals surface area contributed by atoms with E-state index in [-0.39, 0.29) is 28.8 Å². The minimum atomic E-state index is -4.37. The van der Waals surface area contributed by atoms with Crippen LogP contribution in [0.15, 0.2) is 35.5 Å². The van der Waals surface area contributed by atoms with Crippen molar-refractivity contribution in [1.82, 2.24) is 14.7 Å². The number of aromatic nitrogens is 2. The molecular formula is C23H26F6N6O3S. The van der Waals surface area contributed by atoms with E-state index in [4.69, 9.17) is 5.73 Å². The molecule has 1 amide bonds. The molecule has 1 saturated heterocycles. The minimum absolute atomic E-state index is 0.0737. The smallest absolute Gasteiger partial charge is 0.340 e. The summed E-state index contributed by atoms with van der Waals surface area (Å²) in [6.45, 7) is -0.759. The van der Waals surface area contributed by atoms with E-state index in [0.29, 0.717) is 19.4 Å². The molecule has 2 aliphatic heterocycles. The van der Waals surface area contributed by atoms with Gasteiger partial charge >= 0.3 is 12.3 Å². The number of hydrogen-bond donors (Lipinski definition) is 4. The number of nitrogens with one attached hydrogen (secondary N) is 2. The highest BCUT2D eigenvalue weighted by atomic mass is 32.3. The number of aliphatic imine (C=N–C) groups is 1. The average Bonchev–Trinajstić information content (AvgIpc) is 2.89. The molecule has 0 saturated carbocycles. The number of carbonyl (C=O) groups is 1. The first-order chi connectivity index (χ1) is 18.3. The summed E-state index contributed by atoms with van der Waals surface area (Å²) in [6, 6.07) is 4.18. The summed E-state index contributed by atoms with van der Waals surface area (Å²) >= 11 is 0. The van der Waals surface area contributed by atoms with Crippen LogP contribution in [-0.2, 0) is 15.7 Å². The van der Waals surface area contributed by atoms with E-state index in [2.05, 4.69) is 29.7 Å². The molecule has 0 bridgehead atoms. The predicted molar refractivity (Wildman–Crippen MR) is 132 cm³/mol. The number of pyridine rings is 2. The molecule has 2 aliphatic rings. The van der Waals surface area contributed by atoms with Crippen LogP contribution in [0.3, 0.4) is 0 Å². The van der Waals surface area contributed by atoms with Gasteiger partial charge in [-0.25, -0.2) is 27.5 Å². The highest BCUT2D eigenvalue weighted by Crippen LogP contribution is 2.43. The van der Waals surface area contributed by atoms with Crippen molar-refractivity contribution in [3.8, 4) is 5.75 Å². The lowest BCUT2D eigenvalue weighted by Crippen LogP contribution is -2.67. The second kappa shape index (κ2) is 10.4.